The van der Waals surface area contributed by atoms with Crippen LogP contribution in [-0.2, 0) is 11.2 Å². The van der Waals surface area contributed by atoms with Crippen LogP contribution in [0, 0.1) is 0 Å². The van der Waals surface area contributed by atoms with Gasteiger partial charge in [-0.2, -0.15) is 4.98 Å². The Morgan fingerprint density at radius 2 is 2.29 bits per heavy atom. The Morgan fingerprint density at radius 3 is 3.11 bits per heavy atom. The van der Waals surface area contributed by atoms with Crippen molar-refractivity contribution in [3.05, 3.63) is 54.2 Å². The number of hydrogen-bond acceptors (Lipinski definition) is 7. The molecule has 144 valence electrons. The summed E-state index contributed by atoms with van der Waals surface area (Å²) < 4.78 is 10.5. The van der Waals surface area contributed by atoms with E-state index < -0.39 is 0 Å². The first-order chi connectivity index (χ1) is 13.7. The minimum absolute atomic E-state index is 0.0786. The third kappa shape index (κ3) is 4.00. The number of rotatable bonds is 6. The molecule has 1 fully saturated rings. The molecule has 0 saturated carbocycles. The molecule has 1 aliphatic heterocycles. The van der Waals surface area contributed by atoms with Crippen molar-refractivity contribution < 1.29 is 14.1 Å². The zero-order valence-electron chi connectivity index (χ0n) is 15.6. The fourth-order valence-electron chi connectivity index (χ4n) is 3.35. The minimum Gasteiger partial charge on any atom is -0.497 e. The quantitative estimate of drug-likeness (QED) is 0.649. The fourth-order valence-corrected chi connectivity index (χ4v) is 3.35. The Kier molecular flexibility index (Phi) is 5.27. The van der Waals surface area contributed by atoms with Crippen LogP contribution < -0.4 is 4.74 Å². The highest BCUT2D eigenvalue weighted by molar-refractivity contribution is 5.76. The number of carbonyl (C=O) groups excluding carboxylic acids is 1. The third-order valence-electron chi connectivity index (χ3n) is 4.89. The van der Waals surface area contributed by atoms with E-state index in [-0.39, 0.29) is 11.8 Å². The zero-order valence-corrected chi connectivity index (χ0v) is 15.6. The number of nitrogens with zero attached hydrogens (tertiary/aromatic N) is 5. The number of aromatic nitrogens is 4. The largest absolute Gasteiger partial charge is 0.497 e. The molecule has 1 aromatic carbocycles. The Morgan fingerprint density at radius 1 is 1.36 bits per heavy atom. The smallest absolute Gasteiger partial charge is 0.278 e. The zero-order chi connectivity index (χ0) is 19.3. The fraction of sp³-hybridized carbons (Fsp3) is 0.350. The average Bonchev–Trinajstić information content (AvgIpc) is 3.42. The van der Waals surface area contributed by atoms with Crippen LogP contribution in [0.3, 0.4) is 0 Å². The highest BCUT2D eigenvalue weighted by Crippen LogP contribution is 2.27. The van der Waals surface area contributed by atoms with E-state index in [0.29, 0.717) is 43.3 Å². The van der Waals surface area contributed by atoms with Crippen LogP contribution in [0.1, 0.15) is 30.1 Å². The Labute approximate surface area is 162 Å². The van der Waals surface area contributed by atoms with E-state index in [0.717, 1.165) is 17.7 Å². The molecule has 0 radical (unpaired) electrons. The molecule has 1 amide bonds. The summed E-state index contributed by atoms with van der Waals surface area (Å²) in [7, 11) is 1.64. The molecule has 1 aliphatic rings. The monoisotopic (exact) mass is 379 g/mol. The molecule has 2 aromatic heterocycles. The van der Waals surface area contributed by atoms with Crippen LogP contribution in [0.4, 0.5) is 0 Å². The van der Waals surface area contributed by atoms with Crippen LogP contribution in [0.25, 0.3) is 11.6 Å². The van der Waals surface area contributed by atoms with E-state index in [1.54, 1.807) is 25.7 Å². The molecule has 4 rings (SSSR count). The molecular weight excluding hydrogens is 358 g/mol. The number of hydrogen-bond donors (Lipinski definition) is 0. The van der Waals surface area contributed by atoms with E-state index in [2.05, 4.69) is 20.1 Å². The lowest BCUT2D eigenvalue weighted by Crippen LogP contribution is -2.28. The second-order valence-corrected chi connectivity index (χ2v) is 6.73. The van der Waals surface area contributed by atoms with E-state index >= 15 is 0 Å². The maximum absolute atomic E-state index is 12.6. The Bertz CT molecular complexity index is 944. The standard InChI is InChI=1S/C20H21N5O3/c1-27-16-4-2-3-14(11-16)5-6-18(26)25-10-7-15(13-25)19-23-20(28-24-19)17-12-21-8-9-22-17/h2-4,8-9,11-12,15H,5-7,10,13H2,1H3. The van der Waals surface area contributed by atoms with Gasteiger partial charge in [0.05, 0.1) is 13.3 Å². The number of benzene rings is 1. The summed E-state index contributed by atoms with van der Waals surface area (Å²) in [5, 5.41) is 4.08. The van der Waals surface area contributed by atoms with Crippen LogP contribution >= 0.6 is 0 Å². The lowest BCUT2D eigenvalue weighted by atomic mass is 10.1. The molecule has 8 nitrogen and oxygen atoms in total. The van der Waals surface area contributed by atoms with Crippen molar-refractivity contribution >= 4 is 5.91 Å². The van der Waals surface area contributed by atoms with Gasteiger partial charge in [-0.25, -0.2) is 4.98 Å². The van der Waals surface area contributed by atoms with Gasteiger partial charge >= 0.3 is 0 Å². The summed E-state index contributed by atoms with van der Waals surface area (Å²) in [5.74, 6) is 2.00. The summed E-state index contributed by atoms with van der Waals surface area (Å²) in [6.45, 7) is 1.31. The first-order valence-electron chi connectivity index (χ1n) is 9.23. The van der Waals surface area contributed by atoms with Crippen molar-refractivity contribution in [2.45, 2.75) is 25.2 Å². The molecule has 1 unspecified atom stereocenters. The second-order valence-electron chi connectivity index (χ2n) is 6.73. The predicted octanol–water partition coefficient (Wildman–Crippen LogP) is 2.48. The van der Waals surface area contributed by atoms with Crippen LogP contribution in [0.5, 0.6) is 5.75 Å². The molecule has 3 heterocycles. The van der Waals surface area contributed by atoms with Crippen LogP contribution in [-0.4, -0.2) is 51.1 Å². The first-order valence-corrected chi connectivity index (χ1v) is 9.23. The van der Waals surface area contributed by atoms with E-state index in [1.165, 1.54) is 0 Å². The van der Waals surface area contributed by atoms with Crippen LogP contribution in [0.15, 0.2) is 47.4 Å². The number of amides is 1. The van der Waals surface area contributed by atoms with Gasteiger partial charge in [0.2, 0.25) is 5.91 Å². The number of ether oxygens (including phenoxy) is 1. The molecule has 0 N–H and O–H groups in total. The molecule has 0 aliphatic carbocycles. The van der Waals surface area contributed by atoms with Gasteiger partial charge in [0.1, 0.15) is 11.4 Å². The third-order valence-corrected chi connectivity index (χ3v) is 4.89. The SMILES string of the molecule is COc1cccc(CCC(=O)N2CCC(c3noc(-c4cnccn4)n3)C2)c1. The van der Waals surface area contributed by atoms with Crippen molar-refractivity contribution in [2.24, 2.45) is 0 Å². The number of methoxy groups -OCH3 is 1. The maximum atomic E-state index is 12.6. The molecular formula is C20H21N5O3. The molecule has 28 heavy (non-hydrogen) atoms. The van der Waals surface area contributed by atoms with Gasteiger partial charge in [0, 0.05) is 37.8 Å². The second kappa shape index (κ2) is 8.16. The summed E-state index contributed by atoms with van der Waals surface area (Å²) >= 11 is 0. The highest BCUT2D eigenvalue weighted by Gasteiger charge is 2.30. The normalized spacial score (nSPS) is 16.3. The summed E-state index contributed by atoms with van der Waals surface area (Å²) in [6, 6.07) is 7.81. The van der Waals surface area contributed by atoms with Crippen LogP contribution in [0.2, 0.25) is 0 Å². The number of carbonyl (C=O) groups is 1. The molecule has 0 spiro atoms. The molecule has 0 bridgehead atoms. The average molecular weight is 379 g/mol. The van der Waals surface area contributed by atoms with E-state index in [9.17, 15) is 4.79 Å². The summed E-state index contributed by atoms with van der Waals surface area (Å²) in [5.41, 5.74) is 1.64. The predicted molar refractivity (Wildman–Crippen MR) is 101 cm³/mol. The topological polar surface area (TPSA) is 94.2 Å². The lowest BCUT2D eigenvalue weighted by Gasteiger charge is -2.16. The Hall–Kier alpha value is -3.29. The number of likely N-dealkylation sites (tertiary alicyclic amines) is 1. The van der Waals surface area contributed by atoms with Crippen molar-refractivity contribution in [1.29, 1.82) is 0 Å². The summed E-state index contributed by atoms with van der Waals surface area (Å²) in [4.78, 5) is 27.1. The van der Waals surface area contributed by atoms with Gasteiger partial charge in [-0.15, -0.1) is 0 Å². The summed E-state index contributed by atoms with van der Waals surface area (Å²) in [6.07, 6.45) is 6.74. The van der Waals surface area contributed by atoms with Gasteiger partial charge in [0.25, 0.3) is 5.89 Å². The van der Waals surface area contributed by atoms with Crippen molar-refractivity contribution in [1.82, 2.24) is 25.0 Å². The maximum Gasteiger partial charge on any atom is 0.278 e. The van der Waals surface area contributed by atoms with Gasteiger partial charge in [-0.05, 0) is 30.5 Å². The molecule has 3 aromatic rings. The molecule has 1 saturated heterocycles. The van der Waals surface area contributed by atoms with E-state index in [4.69, 9.17) is 9.26 Å². The van der Waals surface area contributed by atoms with Crippen molar-refractivity contribution in [2.75, 3.05) is 20.2 Å². The molecule has 8 heteroatoms. The van der Waals surface area contributed by atoms with Gasteiger partial charge in [-0.1, -0.05) is 17.3 Å². The number of aryl methyl sites for hydroxylation is 1. The molecule has 1 atom stereocenters. The van der Waals surface area contributed by atoms with Crippen molar-refractivity contribution in [3.63, 3.8) is 0 Å². The van der Waals surface area contributed by atoms with Gasteiger partial charge in [0.15, 0.2) is 5.82 Å². The minimum atomic E-state index is 0.0786. The van der Waals surface area contributed by atoms with E-state index in [1.807, 2.05) is 29.2 Å². The van der Waals surface area contributed by atoms with Gasteiger partial charge in [-0.3, -0.25) is 9.78 Å². The van der Waals surface area contributed by atoms with Crippen molar-refractivity contribution in [3.8, 4) is 17.3 Å². The van der Waals surface area contributed by atoms with Gasteiger partial charge < -0.3 is 14.2 Å². The Balaban J connectivity index is 1.33. The highest BCUT2D eigenvalue weighted by atomic mass is 16.5. The first kappa shape index (κ1) is 18.1. The lowest BCUT2D eigenvalue weighted by molar-refractivity contribution is -0.130.